The van der Waals surface area contributed by atoms with E-state index in [1.165, 1.54) is 6.26 Å². The van der Waals surface area contributed by atoms with Gasteiger partial charge in [-0.05, 0) is 19.9 Å². The average molecular weight is 239 g/mol. The number of hydrogen-bond acceptors (Lipinski definition) is 5. The van der Waals surface area contributed by atoms with Gasteiger partial charge in [-0.25, -0.2) is 8.42 Å². The molecule has 0 spiro atoms. The Balaban J connectivity index is 3.67. The molecule has 0 radical (unpaired) electrons. The third kappa shape index (κ3) is 7.72. The summed E-state index contributed by atoms with van der Waals surface area (Å²) in [6.07, 6.45) is 1.54. The monoisotopic (exact) mass is 239 g/mol. The summed E-state index contributed by atoms with van der Waals surface area (Å²) < 4.78 is 31.8. The van der Waals surface area contributed by atoms with Gasteiger partial charge in [-0.3, -0.25) is 0 Å². The van der Waals surface area contributed by atoms with Crippen molar-refractivity contribution in [2.75, 3.05) is 32.8 Å². The lowest BCUT2D eigenvalue weighted by molar-refractivity contribution is -0.119. The number of rotatable bonds is 8. The Labute approximate surface area is 92.1 Å². The minimum atomic E-state index is -2.86. The predicted octanol–water partition coefficient (Wildman–Crippen LogP) is 0.0181. The zero-order chi connectivity index (χ0) is 11.9. The summed E-state index contributed by atoms with van der Waals surface area (Å²) in [5, 5.41) is 3.14. The van der Waals surface area contributed by atoms with Gasteiger partial charge in [0.05, 0.1) is 11.8 Å². The molecule has 0 saturated heterocycles. The molecule has 6 heteroatoms. The molecule has 0 heterocycles. The van der Waals surface area contributed by atoms with Gasteiger partial charge >= 0.3 is 0 Å². The number of nitrogens with one attached hydrogen (secondary N) is 1. The maximum Gasteiger partial charge on any atom is 0.171 e. The molecule has 1 N–H and O–H groups in total. The van der Waals surface area contributed by atoms with Gasteiger partial charge in [0.25, 0.3) is 0 Å². The largest absolute Gasteiger partial charge is 0.354 e. The molecule has 92 valence electrons. The molecule has 0 aromatic heterocycles. The van der Waals surface area contributed by atoms with Crippen LogP contribution in [-0.4, -0.2) is 53.5 Å². The highest BCUT2D eigenvalue weighted by Crippen LogP contribution is 1.98. The van der Waals surface area contributed by atoms with Crippen molar-refractivity contribution in [3.63, 3.8) is 0 Å². The first kappa shape index (κ1) is 14.8. The van der Waals surface area contributed by atoms with E-state index in [9.17, 15) is 8.42 Å². The standard InChI is InChI=1S/C9H21NO4S/c1-8(9(13-2)14-3)10-6-5-7-15(4,11)12/h8-10H,5-7H2,1-4H3. The second-order valence-electron chi connectivity index (χ2n) is 3.57. The molecule has 0 aliphatic rings. The van der Waals surface area contributed by atoms with Crippen molar-refractivity contribution in [3.8, 4) is 0 Å². The highest BCUT2D eigenvalue weighted by molar-refractivity contribution is 7.90. The summed E-state index contributed by atoms with van der Waals surface area (Å²) in [4.78, 5) is 0. The first-order valence-corrected chi connectivity index (χ1v) is 6.93. The molecule has 1 atom stereocenters. The zero-order valence-electron chi connectivity index (χ0n) is 9.82. The minimum absolute atomic E-state index is 0.0413. The van der Waals surface area contributed by atoms with Crippen molar-refractivity contribution >= 4 is 9.84 Å². The Morgan fingerprint density at radius 3 is 2.20 bits per heavy atom. The fraction of sp³-hybridized carbons (Fsp3) is 1.00. The topological polar surface area (TPSA) is 64.6 Å². The number of sulfone groups is 1. The molecule has 0 saturated carbocycles. The van der Waals surface area contributed by atoms with E-state index in [0.29, 0.717) is 13.0 Å². The van der Waals surface area contributed by atoms with Gasteiger partial charge in [-0.1, -0.05) is 0 Å². The Bertz CT molecular complexity index is 249. The highest BCUT2D eigenvalue weighted by atomic mass is 32.2. The molecule has 0 amide bonds. The molecule has 0 aliphatic heterocycles. The number of hydrogen-bond donors (Lipinski definition) is 1. The van der Waals surface area contributed by atoms with Crippen molar-refractivity contribution in [3.05, 3.63) is 0 Å². The van der Waals surface area contributed by atoms with Crippen LogP contribution >= 0.6 is 0 Å². The Kier molecular flexibility index (Phi) is 7.08. The summed E-state index contributed by atoms with van der Waals surface area (Å²) in [5.41, 5.74) is 0. The molecule has 0 bridgehead atoms. The molecular formula is C9H21NO4S. The second-order valence-corrected chi connectivity index (χ2v) is 5.83. The van der Waals surface area contributed by atoms with Crippen LogP contribution in [0, 0.1) is 0 Å². The molecule has 15 heavy (non-hydrogen) atoms. The second kappa shape index (κ2) is 7.16. The SMILES string of the molecule is COC(OC)C(C)NCCCS(C)(=O)=O. The van der Waals surface area contributed by atoms with Crippen molar-refractivity contribution in [2.45, 2.75) is 25.7 Å². The molecule has 0 fully saturated rings. The Morgan fingerprint density at radius 1 is 1.27 bits per heavy atom. The fourth-order valence-corrected chi connectivity index (χ4v) is 1.93. The van der Waals surface area contributed by atoms with Crippen LogP contribution in [0.15, 0.2) is 0 Å². The van der Waals surface area contributed by atoms with Crippen LogP contribution in [0.1, 0.15) is 13.3 Å². The molecular weight excluding hydrogens is 218 g/mol. The van der Waals surface area contributed by atoms with E-state index in [0.717, 1.165) is 0 Å². The average Bonchev–Trinajstić information content (AvgIpc) is 2.13. The number of ether oxygens (including phenoxy) is 2. The lowest BCUT2D eigenvalue weighted by Gasteiger charge is -2.22. The minimum Gasteiger partial charge on any atom is -0.354 e. The van der Waals surface area contributed by atoms with Gasteiger partial charge in [0.2, 0.25) is 0 Å². The van der Waals surface area contributed by atoms with Crippen LogP contribution in [-0.2, 0) is 19.3 Å². The summed E-state index contributed by atoms with van der Waals surface area (Å²) in [7, 11) is 0.289. The molecule has 0 aromatic rings. The van der Waals surface area contributed by atoms with Crippen LogP contribution < -0.4 is 5.32 Å². The maximum atomic E-state index is 10.8. The normalized spacial score (nSPS) is 14.5. The van der Waals surface area contributed by atoms with Crippen molar-refractivity contribution in [1.29, 1.82) is 0 Å². The van der Waals surface area contributed by atoms with E-state index in [1.54, 1.807) is 14.2 Å². The quantitative estimate of drug-likeness (QED) is 0.478. The van der Waals surface area contributed by atoms with Crippen LogP contribution in [0.3, 0.4) is 0 Å². The van der Waals surface area contributed by atoms with Gasteiger partial charge in [0, 0.05) is 20.5 Å². The van der Waals surface area contributed by atoms with Crippen LogP contribution in [0.5, 0.6) is 0 Å². The molecule has 5 nitrogen and oxygen atoms in total. The Hall–Kier alpha value is -0.170. The van der Waals surface area contributed by atoms with Crippen LogP contribution in [0.2, 0.25) is 0 Å². The highest BCUT2D eigenvalue weighted by Gasteiger charge is 2.14. The first-order chi connectivity index (χ1) is 6.90. The van der Waals surface area contributed by atoms with Gasteiger partial charge in [0.1, 0.15) is 9.84 Å². The zero-order valence-corrected chi connectivity index (χ0v) is 10.6. The third-order valence-electron chi connectivity index (χ3n) is 2.03. The molecule has 0 rings (SSSR count). The fourth-order valence-electron chi connectivity index (χ4n) is 1.26. The van der Waals surface area contributed by atoms with E-state index in [1.807, 2.05) is 6.92 Å². The van der Waals surface area contributed by atoms with Crippen molar-refractivity contribution < 1.29 is 17.9 Å². The third-order valence-corrected chi connectivity index (χ3v) is 3.06. The van der Waals surface area contributed by atoms with Gasteiger partial charge in [0.15, 0.2) is 6.29 Å². The van der Waals surface area contributed by atoms with Crippen LogP contribution in [0.4, 0.5) is 0 Å². The summed E-state index contributed by atoms with van der Waals surface area (Å²) in [6, 6.07) is 0.0413. The van der Waals surface area contributed by atoms with E-state index >= 15 is 0 Å². The van der Waals surface area contributed by atoms with E-state index < -0.39 is 9.84 Å². The van der Waals surface area contributed by atoms with Crippen molar-refractivity contribution in [2.24, 2.45) is 0 Å². The lowest BCUT2D eigenvalue weighted by atomic mass is 10.3. The first-order valence-electron chi connectivity index (χ1n) is 4.87. The van der Waals surface area contributed by atoms with E-state index in [4.69, 9.17) is 9.47 Å². The Morgan fingerprint density at radius 2 is 1.80 bits per heavy atom. The smallest absolute Gasteiger partial charge is 0.171 e. The maximum absolute atomic E-state index is 10.8. The lowest BCUT2D eigenvalue weighted by Crippen LogP contribution is -2.40. The number of methoxy groups -OCH3 is 2. The molecule has 0 aliphatic carbocycles. The predicted molar refractivity (Wildman–Crippen MR) is 59.6 cm³/mol. The summed E-state index contributed by atoms with van der Waals surface area (Å²) >= 11 is 0. The summed E-state index contributed by atoms with van der Waals surface area (Å²) in [5.74, 6) is 0.206. The van der Waals surface area contributed by atoms with Gasteiger partial charge in [-0.15, -0.1) is 0 Å². The molecule has 0 aromatic carbocycles. The van der Waals surface area contributed by atoms with Gasteiger partial charge in [-0.2, -0.15) is 0 Å². The van der Waals surface area contributed by atoms with E-state index in [2.05, 4.69) is 5.32 Å². The molecule has 1 unspecified atom stereocenters. The van der Waals surface area contributed by atoms with Crippen LogP contribution in [0.25, 0.3) is 0 Å². The summed E-state index contributed by atoms with van der Waals surface area (Å²) in [6.45, 7) is 2.57. The van der Waals surface area contributed by atoms with E-state index in [-0.39, 0.29) is 18.1 Å². The van der Waals surface area contributed by atoms with Gasteiger partial charge < -0.3 is 14.8 Å². The van der Waals surface area contributed by atoms with Crippen molar-refractivity contribution in [1.82, 2.24) is 5.32 Å².